The Balaban J connectivity index is 1.60. The van der Waals surface area contributed by atoms with E-state index < -0.39 is 10.7 Å². The van der Waals surface area contributed by atoms with Gasteiger partial charge in [-0.3, -0.25) is 20.3 Å². The van der Waals surface area contributed by atoms with E-state index in [2.05, 4.69) is 15.8 Å². The Labute approximate surface area is 198 Å². The largest absolute Gasteiger partial charge is 0.326 e. The predicted molar refractivity (Wildman–Crippen MR) is 132 cm³/mol. The second-order valence-corrected chi connectivity index (χ2v) is 7.69. The zero-order chi connectivity index (χ0) is 24.2. The summed E-state index contributed by atoms with van der Waals surface area (Å²) in [6.45, 7) is 1.80. The topological polar surface area (TPSA) is 101 Å². The lowest BCUT2D eigenvalue weighted by molar-refractivity contribution is -0.383. The summed E-state index contributed by atoms with van der Waals surface area (Å²) in [5, 5.41) is 18.1. The van der Waals surface area contributed by atoms with E-state index in [1.165, 1.54) is 42.6 Å². The van der Waals surface area contributed by atoms with Gasteiger partial charge >= 0.3 is 0 Å². The van der Waals surface area contributed by atoms with E-state index in [0.29, 0.717) is 22.4 Å². The van der Waals surface area contributed by atoms with Crippen LogP contribution in [0.1, 0.15) is 27.2 Å². The maximum Gasteiger partial charge on any atom is 0.292 e. The molecule has 2 aromatic heterocycles. The lowest BCUT2D eigenvalue weighted by Crippen LogP contribution is -2.24. The minimum absolute atomic E-state index is 0.0642. The SMILES string of the molecule is Cc1c(/C=N/NC(=S)Nc2ccccc2[N+](=O)[O-])c2ccccn2c1C(=O)c1ccc(F)cc1. The van der Waals surface area contributed by atoms with E-state index in [1.54, 1.807) is 35.7 Å². The summed E-state index contributed by atoms with van der Waals surface area (Å²) in [6, 6.07) is 17.0. The van der Waals surface area contributed by atoms with E-state index >= 15 is 0 Å². The average molecular weight is 476 g/mol. The van der Waals surface area contributed by atoms with Crippen LogP contribution in [0.15, 0.2) is 78.0 Å². The second-order valence-electron chi connectivity index (χ2n) is 7.28. The standard InChI is InChI=1S/C24H18FN5O3S/c1-15-18(14-26-28-24(34)27-19-6-2-3-8-21(19)30(32)33)20-7-4-5-13-29(20)22(15)23(31)16-9-11-17(25)12-10-16/h2-14H,1H3,(H2,27,28,34)/b26-14+. The number of aromatic nitrogens is 1. The lowest BCUT2D eigenvalue weighted by atomic mass is 10.0. The summed E-state index contributed by atoms with van der Waals surface area (Å²) in [4.78, 5) is 23.8. The Morgan fingerprint density at radius 1 is 1.12 bits per heavy atom. The van der Waals surface area contributed by atoms with Gasteiger partial charge in [0.05, 0.1) is 22.3 Å². The molecule has 10 heteroatoms. The fraction of sp³-hybridized carbons (Fsp3) is 0.0417. The smallest absolute Gasteiger partial charge is 0.292 e. The number of para-hydroxylation sites is 2. The number of hydrogen-bond donors (Lipinski definition) is 2. The number of nitrogens with zero attached hydrogens (tertiary/aromatic N) is 3. The molecule has 0 aliphatic heterocycles. The summed E-state index contributed by atoms with van der Waals surface area (Å²) in [5.74, 6) is -0.669. The van der Waals surface area contributed by atoms with Gasteiger partial charge in [0, 0.05) is 23.4 Å². The van der Waals surface area contributed by atoms with E-state index in [4.69, 9.17) is 12.2 Å². The molecule has 0 saturated heterocycles. The summed E-state index contributed by atoms with van der Waals surface area (Å²) in [5.41, 5.74) is 5.68. The predicted octanol–water partition coefficient (Wildman–Crippen LogP) is 4.85. The molecule has 8 nitrogen and oxygen atoms in total. The number of nitrogens with one attached hydrogen (secondary N) is 2. The summed E-state index contributed by atoms with van der Waals surface area (Å²) < 4.78 is 15.1. The molecule has 34 heavy (non-hydrogen) atoms. The van der Waals surface area contributed by atoms with Crippen molar-refractivity contribution in [3.05, 3.63) is 111 Å². The molecular weight excluding hydrogens is 457 g/mol. The van der Waals surface area contributed by atoms with Gasteiger partial charge in [-0.05, 0) is 67.2 Å². The molecular formula is C24H18FN5O3S. The van der Waals surface area contributed by atoms with Gasteiger partial charge in [-0.25, -0.2) is 4.39 Å². The molecule has 4 aromatic rings. The van der Waals surface area contributed by atoms with E-state index in [9.17, 15) is 19.3 Å². The Hall–Kier alpha value is -4.44. The molecule has 0 aliphatic carbocycles. The van der Waals surface area contributed by atoms with Gasteiger partial charge in [-0.2, -0.15) is 5.10 Å². The number of benzene rings is 2. The lowest BCUT2D eigenvalue weighted by Gasteiger charge is -2.07. The van der Waals surface area contributed by atoms with Crippen molar-refractivity contribution in [3.8, 4) is 0 Å². The molecule has 170 valence electrons. The van der Waals surface area contributed by atoms with E-state index in [-0.39, 0.29) is 22.3 Å². The first-order valence-corrected chi connectivity index (χ1v) is 10.5. The van der Waals surface area contributed by atoms with Crippen molar-refractivity contribution in [1.82, 2.24) is 9.83 Å². The van der Waals surface area contributed by atoms with Gasteiger partial charge in [0.15, 0.2) is 5.11 Å². The molecule has 0 aliphatic rings. The molecule has 0 bridgehead atoms. The molecule has 0 radical (unpaired) electrons. The molecule has 0 atom stereocenters. The number of anilines is 1. The van der Waals surface area contributed by atoms with Gasteiger partial charge in [0.25, 0.3) is 5.69 Å². The number of rotatable bonds is 6. The Morgan fingerprint density at radius 3 is 2.56 bits per heavy atom. The van der Waals surface area contributed by atoms with Crippen molar-refractivity contribution in [3.63, 3.8) is 0 Å². The zero-order valence-electron chi connectivity index (χ0n) is 17.9. The monoisotopic (exact) mass is 475 g/mol. The number of nitro benzene ring substituents is 1. The summed E-state index contributed by atoms with van der Waals surface area (Å²) in [7, 11) is 0. The van der Waals surface area contributed by atoms with Crippen LogP contribution in [0.4, 0.5) is 15.8 Å². The molecule has 0 fully saturated rings. The highest BCUT2D eigenvalue weighted by molar-refractivity contribution is 7.80. The van der Waals surface area contributed by atoms with Crippen LogP contribution in [0.2, 0.25) is 0 Å². The molecule has 0 saturated carbocycles. The number of carbonyl (C=O) groups excluding carboxylic acids is 1. The average Bonchev–Trinajstić information content (AvgIpc) is 3.10. The maximum absolute atomic E-state index is 13.3. The first kappa shape index (κ1) is 22.7. The van der Waals surface area contributed by atoms with Crippen molar-refractivity contribution >= 4 is 46.2 Å². The third-order valence-electron chi connectivity index (χ3n) is 5.17. The molecule has 0 unspecified atom stereocenters. The molecule has 2 heterocycles. The number of pyridine rings is 1. The molecule has 4 rings (SSSR count). The minimum Gasteiger partial charge on any atom is -0.326 e. The fourth-order valence-electron chi connectivity index (χ4n) is 3.58. The number of carbonyl (C=O) groups is 1. The summed E-state index contributed by atoms with van der Waals surface area (Å²) in [6.07, 6.45) is 3.30. The van der Waals surface area contributed by atoms with Crippen LogP contribution in [-0.2, 0) is 0 Å². The fourth-order valence-corrected chi connectivity index (χ4v) is 3.75. The van der Waals surface area contributed by atoms with E-state index in [1.807, 2.05) is 12.1 Å². The van der Waals surface area contributed by atoms with Gasteiger partial charge in [0.1, 0.15) is 11.5 Å². The van der Waals surface area contributed by atoms with Crippen LogP contribution in [0.25, 0.3) is 5.52 Å². The van der Waals surface area contributed by atoms with Crippen LogP contribution in [0.5, 0.6) is 0 Å². The zero-order valence-corrected chi connectivity index (χ0v) is 18.7. The van der Waals surface area contributed by atoms with Crippen molar-refractivity contribution in [2.45, 2.75) is 6.92 Å². The van der Waals surface area contributed by atoms with Gasteiger partial charge in [0.2, 0.25) is 5.78 Å². The van der Waals surface area contributed by atoms with Crippen LogP contribution >= 0.6 is 12.2 Å². The van der Waals surface area contributed by atoms with Crippen molar-refractivity contribution in [2.24, 2.45) is 5.10 Å². The first-order chi connectivity index (χ1) is 16.4. The molecule has 2 aromatic carbocycles. The Kier molecular flexibility index (Phi) is 6.42. The van der Waals surface area contributed by atoms with Crippen LogP contribution in [0, 0.1) is 22.9 Å². The Morgan fingerprint density at radius 2 is 1.82 bits per heavy atom. The molecule has 0 amide bonds. The number of thiocarbonyl (C=S) groups is 1. The highest BCUT2D eigenvalue weighted by Crippen LogP contribution is 2.25. The van der Waals surface area contributed by atoms with Gasteiger partial charge in [-0.1, -0.05) is 18.2 Å². The van der Waals surface area contributed by atoms with Gasteiger partial charge < -0.3 is 9.72 Å². The van der Waals surface area contributed by atoms with Crippen molar-refractivity contribution in [1.29, 1.82) is 0 Å². The Bertz CT molecular complexity index is 1450. The van der Waals surface area contributed by atoms with Crippen molar-refractivity contribution in [2.75, 3.05) is 5.32 Å². The first-order valence-electron chi connectivity index (χ1n) is 10.1. The summed E-state index contributed by atoms with van der Waals surface area (Å²) >= 11 is 5.20. The van der Waals surface area contributed by atoms with Crippen LogP contribution < -0.4 is 10.7 Å². The third-order valence-corrected chi connectivity index (χ3v) is 5.36. The minimum atomic E-state index is -0.509. The highest BCUT2D eigenvalue weighted by Gasteiger charge is 2.21. The number of halogens is 1. The quantitative estimate of drug-likeness (QED) is 0.136. The number of fused-ring (bicyclic) bond motifs is 1. The number of ketones is 1. The maximum atomic E-state index is 13.3. The number of nitro groups is 1. The van der Waals surface area contributed by atoms with E-state index in [0.717, 1.165) is 5.52 Å². The molecule has 0 spiro atoms. The van der Waals surface area contributed by atoms with Gasteiger partial charge in [-0.15, -0.1) is 0 Å². The highest BCUT2D eigenvalue weighted by atomic mass is 32.1. The number of hydrogen-bond acceptors (Lipinski definition) is 5. The van der Waals surface area contributed by atoms with Crippen LogP contribution in [-0.4, -0.2) is 26.4 Å². The number of hydrazone groups is 1. The van der Waals surface area contributed by atoms with Crippen LogP contribution in [0.3, 0.4) is 0 Å². The third kappa shape index (κ3) is 4.52. The molecule has 2 N–H and O–H groups in total. The van der Waals surface area contributed by atoms with Crippen molar-refractivity contribution < 1.29 is 14.1 Å². The second kappa shape index (κ2) is 9.59. The normalized spacial score (nSPS) is 11.0.